The van der Waals surface area contributed by atoms with Gasteiger partial charge in [0.15, 0.2) is 5.69 Å². The lowest BCUT2D eigenvalue weighted by Crippen LogP contribution is -2.36. The second-order valence-electron chi connectivity index (χ2n) is 5.83. The van der Waals surface area contributed by atoms with Gasteiger partial charge in [-0.15, -0.1) is 0 Å². The van der Waals surface area contributed by atoms with E-state index >= 15 is 0 Å². The molecule has 5 heteroatoms. The van der Waals surface area contributed by atoms with Crippen LogP contribution >= 0.6 is 15.9 Å². The van der Waals surface area contributed by atoms with Crippen LogP contribution in [0.25, 0.3) is 0 Å². The van der Waals surface area contributed by atoms with Crippen molar-refractivity contribution in [3.63, 3.8) is 0 Å². The van der Waals surface area contributed by atoms with Crippen LogP contribution in [0.1, 0.15) is 41.0 Å². The van der Waals surface area contributed by atoms with Gasteiger partial charge in [0.25, 0.3) is 5.91 Å². The van der Waals surface area contributed by atoms with Crippen LogP contribution in [0.4, 0.5) is 0 Å². The minimum Gasteiger partial charge on any atom is -0.334 e. The third kappa shape index (κ3) is 3.09. The summed E-state index contributed by atoms with van der Waals surface area (Å²) in [4.78, 5) is 14.7. The Morgan fingerprint density at radius 3 is 2.86 bits per heavy atom. The fourth-order valence-corrected chi connectivity index (χ4v) is 3.42. The molecule has 1 amide bonds. The zero-order valence-electron chi connectivity index (χ0n) is 12.7. The monoisotopic (exact) mass is 361 g/mol. The summed E-state index contributed by atoms with van der Waals surface area (Å²) in [5.41, 5.74) is 2.73. The van der Waals surface area contributed by atoms with Crippen LogP contribution < -0.4 is 0 Å². The summed E-state index contributed by atoms with van der Waals surface area (Å²) in [6, 6.07) is 10.8. The van der Waals surface area contributed by atoms with E-state index in [0.717, 1.165) is 42.4 Å². The van der Waals surface area contributed by atoms with Crippen LogP contribution in [-0.2, 0) is 6.42 Å². The maximum Gasteiger partial charge on any atom is 0.275 e. The number of nitrogens with zero attached hydrogens (tertiary/aromatic N) is 2. The predicted octanol–water partition coefficient (Wildman–Crippen LogP) is 3.72. The number of aryl methyl sites for hydroxylation is 2. The molecule has 1 aromatic heterocycles. The minimum absolute atomic E-state index is 0.0341. The number of nitrogens with one attached hydrogen (secondary N) is 1. The lowest BCUT2D eigenvalue weighted by atomic mass is 10.0. The normalized spacial score (nSPS) is 17.9. The standard InChI is InChI=1S/C17H20BrN3O/c1-12-15(18)16(20-19-12)17(22)21-11-5-8-14(21)10-9-13-6-3-2-4-7-13/h2-4,6-7,14H,5,8-11H2,1H3,(H,19,20)/t14-/m1/s1. The third-order valence-electron chi connectivity index (χ3n) is 4.32. The van der Waals surface area contributed by atoms with Crippen LogP contribution in [0.15, 0.2) is 34.8 Å². The van der Waals surface area contributed by atoms with E-state index in [1.165, 1.54) is 5.56 Å². The number of rotatable bonds is 4. The average Bonchev–Trinajstić information content (AvgIpc) is 3.14. The molecule has 1 saturated heterocycles. The topological polar surface area (TPSA) is 49.0 Å². The zero-order valence-corrected chi connectivity index (χ0v) is 14.3. The first-order valence-electron chi connectivity index (χ1n) is 7.72. The molecule has 2 heterocycles. The van der Waals surface area contributed by atoms with Gasteiger partial charge in [0.05, 0.1) is 4.47 Å². The summed E-state index contributed by atoms with van der Waals surface area (Å²) < 4.78 is 0.784. The first-order valence-corrected chi connectivity index (χ1v) is 8.51. The lowest BCUT2D eigenvalue weighted by molar-refractivity contribution is 0.0723. The number of amides is 1. The van der Waals surface area contributed by atoms with E-state index in [-0.39, 0.29) is 5.91 Å². The molecule has 0 unspecified atom stereocenters. The Kier molecular flexibility index (Phi) is 4.62. The van der Waals surface area contributed by atoms with Crippen LogP contribution in [0.3, 0.4) is 0 Å². The maximum absolute atomic E-state index is 12.7. The lowest BCUT2D eigenvalue weighted by Gasteiger charge is -2.24. The number of carbonyl (C=O) groups excluding carboxylic acids is 1. The summed E-state index contributed by atoms with van der Waals surface area (Å²) >= 11 is 3.45. The van der Waals surface area contributed by atoms with Crippen LogP contribution in [0.2, 0.25) is 0 Å². The number of aromatic amines is 1. The quantitative estimate of drug-likeness (QED) is 0.901. The van der Waals surface area contributed by atoms with Gasteiger partial charge in [0, 0.05) is 18.3 Å². The van der Waals surface area contributed by atoms with Crippen molar-refractivity contribution in [2.75, 3.05) is 6.54 Å². The molecule has 116 valence electrons. The van der Waals surface area contributed by atoms with Gasteiger partial charge in [-0.05, 0) is 54.1 Å². The Labute approximate surface area is 139 Å². The molecule has 1 aliphatic rings. The molecular weight excluding hydrogens is 342 g/mol. The van der Waals surface area contributed by atoms with Crippen molar-refractivity contribution < 1.29 is 4.79 Å². The number of benzene rings is 1. The van der Waals surface area contributed by atoms with E-state index in [9.17, 15) is 4.79 Å². The molecule has 0 bridgehead atoms. The molecule has 4 nitrogen and oxygen atoms in total. The average molecular weight is 362 g/mol. The van der Waals surface area contributed by atoms with Crippen molar-refractivity contribution in [3.05, 3.63) is 51.8 Å². The molecule has 1 aromatic carbocycles. The first-order chi connectivity index (χ1) is 10.7. The highest BCUT2D eigenvalue weighted by Crippen LogP contribution is 2.26. The first kappa shape index (κ1) is 15.3. The summed E-state index contributed by atoms with van der Waals surface area (Å²) in [6.45, 7) is 2.74. The molecule has 2 aromatic rings. The van der Waals surface area contributed by atoms with E-state index in [2.05, 4.69) is 50.4 Å². The number of aromatic nitrogens is 2. The number of hydrogen-bond acceptors (Lipinski definition) is 2. The molecule has 0 saturated carbocycles. The van der Waals surface area contributed by atoms with Gasteiger partial charge in [-0.3, -0.25) is 9.89 Å². The Bertz CT molecular complexity index is 653. The highest BCUT2D eigenvalue weighted by Gasteiger charge is 2.31. The fraction of sp³-hybridized carbons (Fsp3) is 0.412. The summed E-state index contributed by atoms with van der Waals surface area (Å²) in [5, 5.41) is 7.02. The van der Waals surface area contributed by atoms with Crippen LogP contribution in [0.5, 0.6) is 0 Å². The number of H-pyrrole nitrogens is 1. The Morgan fingerprint density at radius 2 is 2.18 bits per heavy atom. The van der Waals surface area contributed by atoms with Gasteiger partial charge in [-0.2, -0.15) is 5.10 Å². The zero-order chi connectivity index (χ0) is 15.5. The highest BCUT2D eigenvalue weighted by atomic mass is 79.9. The molecule has 0 spiro atoms. The van der Waals surface area contributed by atoms with Gasteiger partial charge >= 0.3 is 0 Å². The SMILES string of the molecule is Cc1[nH]nc(C(=O)N2CCC[C@@H]2CCc2ccccc2)c1Br. The highest BCUT2D eigenvalue weighted by molar-refractivity contribution is 9.10. The van der Waals surface area contributed by atoms with E-state index in [0.29, 0.717) is 11.7 Å². The van der Waals surface area contributed by atoms with Crippen molar-refractivity contribution in [1.82, 2.24) is 15.1 Å². The molecular formula is C17H20BrN3O. The predicted molar refractivity (Wildman–Crippen MR) is 89.8 cm³/mol. The Hall–Kier alpha value is -1.62. The van der Waals surface area contributed by atoms with Crippen molar-refractivity contribution in [3.8, 4) is 0 Å². The largest absolute Gasteiger partial charge is 0.334 e. The molecule has 3 rings (SSSR count). The minimum atomic E-state index is 0.0341. The van der Waals surface area contributed by atoms with Crippen molar-refractivity contribution in [1.29, 1.82) is 0 Å². The van der Waals surface area contributed by atoms with Gasteiger partial charge in [0.1, 0.15) is 0 Å². The molecule has 1 fully saturated rings. The number of carbonyl (C=O) groups is 1. The smallest absolute Gasteiger partial charge is 0.275 e. The van der Waals surface area contributed by atoms with Crippen molar-refractivity contribution >= 4 is 21.8 Å². The second kappa shape index (κ2) is 6.65. The van der Waals surface area contributed by atoms with Gasteiger partial charge in [-0.1, -0.05) is 30.3 Å². The summed E-state index contributed by atoms with van der Waals surface area (Å²) in [7, 11) is 0. The number of likely N-dealkylation sites (tertiary alicyclic amines) is 1. The fourth-order valence-electron chi connectivity index (χ4n) is 3.07. The Balaban J connectivity index is 1.68. The third-order valence-corrected chi connectivity index (χ3v) is 5.29. The summed E-state index contributed by atoms with van der Waals surface area (Å²) in [5.74, 6) is 0.0341. The number of hydrogen-bond donors (Lipinski definition) is 1. The van der Waals surface area contributed by atoms with Crippen molar-refractivity contribution in [2.24, 2.45) is 0 Å². The van der Waals surface area contributed by atoms with Gasteiger partial charge in [-0.25, -0.2) is 0 Å². The van der Waals surface area contributed by atoms with Crippen LogP contribution in [-0.4, -0.2) is 33.6 Å². The number of halogens is 1. The van der Waals surface area contributed by atoms with E-state index in [1.807, 2.05) is 17.9 Å². The van der Waals surface area contributed by atoms with Crippen molar-refractivity contribution in [2.45, 2.75) is 38.6 Å². The van der Waals surface area contributed by atoms with Gasteiger partial charge in [0.2, 0.25) is 0 Å². The summed E-state index contributed by atoms with van der Waals surface area (Å²) in [6.07, 6.45) is 4.18. The molecule has 1 N–H and O–H groups in total. The maximum atomic E-state index is 12.7. The van der Waals surface area contributed by atoms with E-state index in [4.69, 9.17) is 0 Å². The molecule has 1 aliphatic heterocycles. The molecule has 22 heavy (non-hydrogen) atoms. The second-order valence-corrected chi connectivity index (χ2v) is 6.62. The van der Waals surface area contributed by atoms with Gasteiger partial charge < -0.3 is 4.90 Å². The van der Waals surface area contributed by atoms with Crippen LogP contribution in [0, 0.1) is 6.92 Å². The van der Waals surface area contributed by atoms with E-state index < -0.39 is 0 Å². The molecule has 0 aliphatic carbocycles. The molecule has 0 radical (unpaired) electrons. The van der Waals surface area contributed by atoms with E-state index in [1.54, 1.807) is 0 Å². The molecule has 1 atom stereocenters. The Morgan fingerprint density at radius 1 is 1.41 bits per heavy atom.